The topological polar surface area (TPSA) is 20.2 Å². The molecule has 0 aliphatic heterocycles. The number of rotatable bonds is 4. The number of hydrogen-bond donors (Lipinski definition) is 1. The molecule has 0 aromatic heterocycles. The van der Waals surface area contributed by atoms with Crippen LogP contribution in [0.3, 0.4) is 0 Å². The summed E-state index contributed by atoms with van der Waals surface area (Å²) in [6.45, 7) is 6.26. The monoisotopic (exact) mass is 192 g/mol. The molecule has 0 bridgehead atoms. The maximum Gasteiger partial charge on any atom is 0.0515 e. The SMILES string of the molecule is CC(O)CCc1ccccc1C(C)C. The van der Waals surface area contributed by atoms with Gasteiger partial charge in [-0.1, -0.05) is 38.1 Å². The maximum atomic E-state index is 9.24. The average Bonchev–Trinajstić information content (AvgIpc) is 2.15. The first kappa shape index (κ1) is 11.3. The predicted octanol–water partition coefficient (Wildman–Crippen LogP) is 3.12. The van der Waals surface area contributed by atoms with Crippen LogP contribution in [0.2, 0.25) is 0 Å². The van der Waals surface area contributed by atoms with Crippen molar-refractivity contribution in [3.63, 3.8) is 0 Å². The molecule has 1 aromatic carbocycles. The molecule has 78 valence electrons. The van der Waals surface area contributed by atoms with Crippen molar-refractivity contribution in [3.05, 3.63) is 35.4 Å². The molecule has 0 radical (unpaired) electrons. The fraction of sp³-hybridized carbons (Fsp3) is 0.538. The molecule has 1 heteroatoms. The number of benzene rings is 1. The molecule has 1 atom stereocenters. The minimum Gasteiger partial charge on any atom is -0.393 e. The van der Waals surface area contributed by atoms with Crippen LogP contribution in [-0.4, -0.2) is 11.2 Å². The Morgan fingerprint density at radius 3 is 2.36 bits per heavy atom. The van der Waals surface area contributed by atoms with Gasteiger partial charge in [0, 0.05) is 0 Å². The fourth-order valence-electron chi connectivity index (χ4n) is 1.69. The Hall–Kier alpha value is -0.820. The lowest BCUT2D eigenvalue weighted by Gasteiger charge is -2.13. The highest BCUT2D eigenvalue weighted by molar-refractivity contribution is 5.29. The molecule has 0 heterocycles. The van der Waals surface area contributed by atoms with E-state index in [4.69, 9.17) is 0 Å². The lowest BCUT2D eigenvalue weighted by atomic mass is 9.94. The summed E-state index contributed by atoms with van der Waals surface area (Å²) in [5, 5.41) is 9.24. The van der Waals surface area contributed by atoms with Crippen LogP contribution in [0.5, 0.6) is 0 Å². The number of aliphatic hydroxyl groups is 1. The summed E-state index contributed by atoms with van der Waals surface area (Å²) in [6, 6.07) is 8.50. The molecule has 0 spiro atoms. The normalized spacial score (nSPS) is 13.2. The zero-order valence-electron chi connectivity index (χ0n) is 9.33. The van der Waals surface area contributed by atoms with E-state index in [1.165, 1.54) is 11.1 Å². The quantitative estimate of drug-likeness (QED) is 0.777. The van der Waals surface area contributed by atoms with E-state index in [0.717, 1.165) is 12.8 Å². The Morgan fingerprint density at radius 1 is 1.14 bits per heavy atom. The molecule has 1 nitrogen and oxygen atoms in total. The van der Waals surface area contributed by atoms with Gasteiger partial charge >= 0.3 is 0 Å². The van der Waals surface area contributed by atoms with Crippen molar-refractivity contribution >= 4 is 0 Å². The van der Waals surface area contributed by atoms with Crippen molar-refractivity contribution in [1.29, 1.82) is 0 Å². The predicted molar refractivity (Wildman–Crippen MR) is 60.5 cm³/mol. The van der Waals surface area contributed by atoms with Crippen molar-refractivity contribution < 1.29 is 5.11 Å². The molecule has 0 saturated carbocycles. The van der Waals surface area contributed by atoms with Crippen molar-refractivity contribution in [2.75, 3.05) is 0 Å². The lowest BCUT2D eigenvalue weighted by Crippen LogP contribution is -2.04. The summed E-state index contributed by atoms with van der Waals surface area (Å²) in [6.07, 6.45) is 1.63. The zero-order chi connectivity index (χ0) is 10.6. The van der Waals surface area contributed by atoms with Crippen LogP contribution < -0.4 is 0 Å². The Morgan fingerprint density at radius 2 is 1.79 bits per heavy atom. The van der Waals surface area contributed by atoms with E-state index >= 15 is 0 Å². The van der Waals surface area contributed by atoms with Crippen molar-refractivity contribution in [2.45, 2.75) is 45.6 Å². The third kappa shape index (κ3) is 3.15. The van der Waals surface area contributed by atoms with Crippen LogP contribution >= 0.6 is 0 Å². The van der Waals surface area contributed by atoms with Gasteiger partial charge in [-0.2, -0.15) is 0 Å². The van der Waals surface area contributed by atoms with Crippen LogP contribution in [0.15, 0.2) is 24.3 Å². The first-order valence-electron chi connectivity index (χ1n) is 5.37. The van der Waals surface area contributed by atoms with Crippen LogP contribution in [0.1, 0.15) is 44.2 Å². The largest absolute Gasteiger partial charge is 0.393 e. The van der Waals surface area contributed by atoms with Gasteiger partial charge in [0.05, 0.1) is 6.10 Å². The minimum atomic E-state index is -0.199. The van der Waals surface area contributed by atoms with E-state index in [1.807, 2.05) is 6.92 Å². The van der Waals surface area contributed by atoms with Gasteiger partial charge in [0.25, 0.3) is 0 Å². The van der Waals surface area contributed by atoms with Crippen molar-refractivity contribution in [1.82, 2.24) is 0 Å². The van der Waals surface area contributed by atoms with Crippen LogP contribution in [-0.2, 0) is 6.42 Å². The summed E-state index contributed by atoms with van der Waals surface area (Å²) in [5.74, 6) is 0.570. The Labute approximate surface area is 86.8 Å². The number of aryl methyl sites for hydroxylation is 1. The molecule has 0 aliphatic carbocycles. The third-order valence-corrected chi connectivity index (χ3v) is 2.51. The van der Waals surface area contributed by atoms with E-state index in [1.54, 1.807) is 0 Å². The van der Waals surface area contributed by atoms with E-state index in [-0.39, 0.29) is 6.10 Å². The molecule has 0 aliphatic rings. The molecule has 1 unspecified atom stereocenters. The molecule has 0 amide bonds. The molecule has 1 rings (SSSR count). The molecule has 1 aromatic rings. The molecular weight excluding hydrogens is 172 g/mol. The summed E-state index contributed by atoms with van der Waals surface area (Å²) in [7, 11) is 0. The summed E-state index contributed by atoms with van der Waals surface area (Å²) < 4.78 is 0. The third-order valence-electron chi connectivity index (χ3n) is 2.51. The number of hydrogen-bond acceptors (Lipinski definition) is 1. The van der Waals surface area contributed by atoms with Crippen molar-refractivity contribution in [3.8, 4) is 0 Å². The fourth-order valence-corrected chi connectivity index (χ4v) is 1.69. The molecular formula is C13H20O. The van der Waals surface area contributed by atoms with E-state index in [0.29, 0.717) is 5.92 Å². The van der Waals surface area contributed by atoms with Gasteiger partial charge in [-0.3, -0.25) is 0 Å². The van der Waals surface area contributed by atoms with Gasteiger partial charge in [0.1, 0.15) is 0 Å². The van der Waals surface area contributed by atoms with E-state index < -0.39 is 0 Å². The summed E-state index contributed by atoms with van der Waals surface area (Å²) in [5.41, 5.74) is 2.79. The second kappa shape index (κ2) is 5.16. The van der Waals surface area contributed by atoms with Gasteiger partial charge in [-0.15, -0.1) is 0 Å². The Bertz CT molecular complexity index is 276. The molecule has 0 saturated heterocycles. The van der Waals surface area contributed by atoms with Crippen LogP contribution in [0.4, 0.5) is 0 Å². The van der Waals surface area contributed by atoms with Crippen LogP contribution in [0, 0.1) is 0 Å². The second-order valence-electron chi connectivity index (χ2n) is 4.24. The van der Waals surface area contributed by atoms with Gasteiger partial charge in [-0.25, -0.2) is 0 Å². The van der Waals surface area contributed by atoms with Gasteiger partial charge < -0.3 is 5.11 Å². The molecule has 0 fully saturated rings. The average molecular weight is 192 g/mol. The van der Waals surface area contributed by atoms with E-state index in [2.05, 4.69) is 38.1 Å². The van der Waals surface area contributed by atoms with Gasteiger partial charge in [0.15, 0.2) is 0 Å². The molecule has 14 heavy (non-hydrogen) atoms. The first-order valence-corrected chi connectivity index (χ1v) is 5.37. The zero-order valence-corrected chi connectivity index (χ0v) is 9.33. The van der Waals surface area contributed by atoms with Crippen LogP contribution in [0.25, 0.3) is 0 Å². The lowest BCUT2D eigenvalue weighted by molar-refractivity contribution is 0.185. The summed E-state index contributed by atoms with van der Waals surface area (Å²) >= 11 is 0. The number of aliphatic hydroxyl groups excluding tert-OH is 1. The maximum absolute atomic E-state index is 9.24. The molecule has 1 N–H and O–H groups in total. The standard InChI is InChI=1S/C13H20O/c1-10(2)13-7-5-4-6-12(13)9-8-11(3)14/h4-7,10-11,14H,8-9H2,1-3H3. The highest BCUT2D eigenvalue weighted by Crippen LogP contribution is 2.20. The first-order chi connectivity index (χ1) is 6.61. The second-order valence-corrected chi connectivity index (χ2v) is 4.24. The minimum absolute atomic E-state index is 0.199. The Balaban J connectivity index is 2.74. The summed E-state index contributed by atoms with van der Waals surface area (Å²) in [4.78, 5) is 0. The van der Waals surface area contributed by atoms with Crippen molar-refractivity contribution in [2.24, 2.45) is 0 Å². The highest BCUT2D eigenvalue weighted by atomic mass is 16.3. The van der Waals surface area contributed by atoms with Gasteiger partial charge in [-0.05, 0) is 36.8 Å². The van der Waals surface area contributed by atoms with Gasteiger partial charge in [0.2, 0.25) is 0 Å². The smallest absolute Gasteiger partial charge is 0.0515 e. The highest BCUT2D eigenvalue weighted by Gasteiger charge is 2.06. The van der Waals surface area contributed by atoms with E-state index in [9.17, 15) is 5.11 Å². The Kier molecular flexibility index (Phi) is 4.15.